The maximum atomic E-state index is 13.6. The van der Waals surface area contributed by atoms with E-state index in [9.17, 15) is 4.39 Å². The van der Waals surface area contributed by atoms with Crippen molar-refractivity contribution in [2.24, 2.45) is 5.73 Å². The van der Waals surface area contributed by atoms with Crippen molar-refractivity contribution >= 4 is 50.5 Å². The third-order valence-electron chi connectivity index (χ3n) is 2.84. The zero-order chi connectivity index (χ0) is 14.2. The number of benzene rings is 1. The van der Waals surface area contributed by atoms with Crippen LogP contribution in [0.25, 0.3) is 0 Å². The van der Waals surface area contributed by atoms with Gasteiger partial charge in [-0.15, -0.1) is 11.3 Å². The lowest BCUT2D eigenvalue weighted by Crippen LogP contribution is -2.35. The molecule has 0 aliphatic heterocycles. The molecule has 0 amide bonds. The van der Waals surface area contributed by atoms with Crippen molar-refractivity contribution in [3.63, 3.8) is 0 Å². The fraction of sp³-hybridized carbons (Fsp3) is 0.231. The minimum atomic E-state index is -0.768. The van der Waals surface area contributed by atoms with Crippen LogP contribution in [-0.2, 0) is 12.0 Å². The third kappa shape index (κ3) is 3.31. The fourth-order valence-corrected chi connectivity index (χ4v) is 4.10. The summed E-state index contributed by atoms with van der Waals surface area (Å²) in [6.07, 6.45) is 0.562. The molecular formula is C13H11BrCl2FNS. The average Bonchev–Trinajstić information content (AvgIpc) is 2.69. The highest BCUT2D eigenvalue weighted by Crippen LogP contribution is 2.35. The molecule has 102 valence electrons. The van der Waals surface area contributed by atoms with E-state index in [0.717, 1.165) is 9.35 Å². The number of halogens is 4. The van der Waals surface area contributed by atoms with Crippen molar-refractivity contribution in [3.8, 4) is 0 Å². The second-order valence-corrected chi connectivity index (χ2v) is 7.20. The molecular weight excluding hydrogens is 372 g/mol. The van der Waals surface area contributed by atoms with E-state index in [1.807, 2.05) is 18.4 Å². The van der Waals surface area contributed by atoms with E-state index in [1.165, 1.54) is 12.1 Å². The topological polar surface area (TPSA) is 26.0 Å². The summed E-state index contributed by atoms with van der Waals surface area (Å²) in [6, 6.07) is 4.66. The molecule has 0 aliphatic carbocycles. The molecule has 2 N–H and O–H groups in total. The van der Waals surface area contributed by atoms with Gasteiger partial charge >= 0.3 is 0 Å². The SMILES string of the molecule is CC(N)(Cc1sccc1Br)c1cc(F)c(Cl)cc1Cl. The van der Waals surface area contributed by atoms with Gasteiger partial charge in [-0.2, -0.15) is 0 Å². The fourth-order valence-electron chi connectivity index (χ4n) is 1.84. The van der Waals surface area contributed by atoms with Gasteiger partial charge in [0.25, 0.3) is 0 Å². The maximum Gasteiger partial charge on any atom is 0.142 e. The van der Waals surface area contributed by atoms with E-state index in [-0.39, 0.29) is 5.02 Å². The van der Waals surface area contributed by atoms with Gasteiger partial charge in [0.05, 0.1) is 5.02 Å². The highest BCUT2D eigenvalue weighted by atomic mass is 79.9. The Kier molecular flexibility index (Phi) is 4.58. The summed E-state index contributed by atoms with van der Waals surface area (Å²) in [5, 5.41) is 2.35. The Morgan fingerprint density at radius 3 is 2.63 bits per heavy atom. The lowest BCUT2D eigenvalue weighted by Gasteiger charge is -2.26. The first-order valence-electron chi connectivity index (χ1n) is 5.47. The first-order chi connectivity index (χ1) is 8.81. The standard InChI is InChI=1S/C13H11BrCl2FNS/c1-13(18,6-12-8(14)2-3-19-12)7-4-11(17)10(16)5-9(7)15/h2-5H,6,18H2,1H3. The van der Waals surface area contributed by atoms with Gasteiger partial charge in [-0.1, -0.05) is 23.2 Å². The molecule has 1 unspecified atom stereocenters. The zero-order valence-corrected chi connectivity index (χ0v) is 13.9. The molecule has 1 heterocycles. The minimum Gasteiger partial charge on any atom is -0.321 e. The van der Waals surface area contributed by atoms with Crippen LogP contribution in [0.5, 0.6) is 0 Å². The van der Waals surface area contributed by atoms with Crippen molar-refractivity contribution in [3.05, 3.63) is 54.4 Å². The summed E-state index contributed by atoms with van der Waals surface area (Å²) < 4.78 is 14.6. The number of thiophene rings is 1. The van der Waals surface area contributed by atoms with Crippen LogP contribution < -0.4 is 5.73 Å². The Bertz CT molecular complexity index is 613. The smallest absolute Gasteiger partial charge is 0.142 e. The van der Waals surface area contributed by atoms with Crippen LogP contribution in [0.2, 0.25) is 10.0 Å². The van der Waals surface area contributed by atoms with Gasteiger partial charge in [-0.05, 0) is 52.0 Å². The van der Waals surface area contributed by atoms with Crippen LogP contribution in [0.15, 0.2) is 28.1 Å². The van der Waals surface area contributed by atoms with Crippen LogP contribution in [-0.4, -0.2) is 0 Å². The number of rotatable bonds is 3. The van der Waals surface area contributed by atoms with Crippen molar-refractivity contribution in [1.82, 2.24) is 0 Å². The molecule has 0 saturated heterocycles. The molecule has 0 fully saturated rings. The molecule has 1 atom stereocenters. The summed E-state index contributed by atoms with van der Waals surface area (Å²) in [7, 11) is 0. The molecule has 6 heteroatoms. The lowest BCUT2D eigenvalue weighted by atomic mass is 9.89. The van der Waals surface area contributed by atoms with E-state index < -0.39 is 11.4 Å². The predicted octanol–water partition coefficient (Wildman–Crippen LogP) is 5.37. The van der Waals surface area contributed by atoms with E-state index in [1.54, 1.807) is 11.3 Å². The molecule has 0 saturated carbocycles. The van der Waals surface area contributed by atoms with E-state index in [0.29, 0.717) is 17.0 Å². The zero-order valence-electron chi connectivity index (χ0n) is 10.0. The highest BCUT2D eigenvalue weighted by molar-refractivity contribution is 9.10. The molecule has 0 aliphatic rings. The summed E-state index contributed by atoms with van der Waals surface area (Å²) >= 11 is 16.9. The molecule has 19 heavy (non-hydrogen) atoms. The van der Waals surface area contributed by atoms with Crippen molar-refractivity contribution in [1.29, 1.82) is 0 Å². The summed E-state index contributed by atoms with van der Waals surface area (Å²) in [5.41, 5.74) is 6.09. The molecule has 1 aromatic heterocycles. The quantitative estimate of drug-likeness (QED) is 0.709. The number of hydrogen-bond donors (Lipinski definition) is 1. The number of hydrogen-bond acceptors (Lipinski definition) is 2. The molecule has 1 nitrogen and oxygen atoms in total. The van der Waals surface area contributed by atoms with Gasteiger partial charge in [0.2, 0.25) is 0 Å². The number of nitrogens with two attached hydrogens (primary N) is 1. The molecule has 2 rings (SSSR count). The minimum absolute atomic E-state index is 0.00172. The largest absolute Gasteiger partial charge is 0.321 e. The summed E-state index contributed by atoms with van der Waals surface area (Å²) in [6.45, 7) is 1.83. The van der Waals surface area contributed by atoms with Crippen molar-refractivity contribution in [2.75, 3.05) is 0 Å². The van der Waals surface area contributed by atoms with Gasteiger partial charge < -0.3 is 5.73 Å². The molecule has 2 aromatic rings. The van der Waals surface area contributed by atoms with E-state index >= 15 is 0 Å². The average molecular weight is 383 g/mol. The molecule has 0 bridgehead atoms. The Balaban J connectivity index is 2.39. The van der Waals surface area contributed by atoms with E-state index in [4.69, 9.17) is 28.9 Å². The van der Waals surface area contributed by atoms with E-state index in [2.05, 4.69) is 15.9 Å². The molecule has 1 aromatic carbocycles. The van der Waals surface area contributed by atoms with Crippen LogP contribution in [0.3, 0.4) is 0 Å². The van der Waals surface area contributed by atoms with Gasteiger partial charge in [0.1, 0.15) is 5.82 Å². The van der Waals surface area contributed by atoms with Gasteiger partial charge in [-0.3, -0.25) is 0 Å². The van der Waals surface area contributed by atoms with Gasteiger partial charge in [0, 0.05) is 26.3 Å². The second kappa shape index (κ2) is 5.70. The van der Waals surface area contributed by atoms with Gasteiger partial charge in [0.15, 0.2) is 0 Å². The Labute approximate surface area is 133 Å². The maximum absolute atomic E-state index is 13.6. The Hall–Kier alpha value is -0.130. The second-order valence-electron chi connectivity index (χ2n) is 4.53. The Morgan fingerprint density at radius 2 is 2.05 bits per heavy atom. The summed E-state index contributed by atoms with van der Waals surface area (Å²) in [5.74, 6) is -0.511. The third-order valence-corrected chi connectivity index (χ3v) is 5.37. The first kappa shape index (κ1) is 15.3. The van der Waals surface area contributed by atoms with Gasteiger partial charge in [-0.25, -0.2) is 4.39 Å². The van der Waals surface area contributed by atoms with Crippen molar-refractivity contribution < 1.29 is 4.39 Å². The van der Waals surface area contributed by atoms with Crippen LogP contribution >= 0.6 is 50.5 Å². The summed E-state index contributed by atoms with van der Waals surface area (Å²) in [4.78, 5) is 1.09. The van der Waals surface area contributed by atoms with Crippen LogP contribution in [0, 0.1) is 5.82 Å². The van der Waals surface area contributed by atoms with Crippen LogP contribution in [0.1, 0.15) is 17.4 Å². The predicted molar refractivity (Wildman–Crippen MR) is 83.7 cm³/mol. The Morgan fingerprint density at radius 1 is 1.37 bits per heavy atom. The van der Waals surface area contributed by atoms with Crippen molar-refractivity contribution in [2.45, 2.75) is 18.9 Å². The highest BCUT2D eigenvalue weighted by Gasteiger charge is 2.27. The lowest BCUT2D eigenvalue weighted by molar-refractivity contribution is 0.489. The first-order valence-corrected chi connectivity index (χ1v) is 7.90. The molecule has 0 radical (unpaired) electrons. The van der Waals surface area contributed by atoms with Crippen LogP contribution in [0.4, 0.5) is 4.39 Å². The molecule has 0 spiro atoms. The normalized spacial score (nSPS) is 14.4. The monoisotopic (exact) mass is 381 g/mol.